The highest BCUT2D eigenvalue weighted by molar-refractivity contribution is 5.95. The average Bonchev–Trinajstić information content (AvgIpc) is 3.07. The minimum atomic E-state index is -0.463. The summed E-state index contributed by atoms with van der Waals surface area (Å²) in [6, 6.07) is 15.7. The van der Waals surface area contributed by atoms with Gasteiger partial charge in [0.2, 0.25) is 0 Å². The van der Waals surface area contributed by atoms with Crippen molar-refractivity contribution in [1.29, 1.82) is 0 Å². The first-order chi connectivity index (χ1) is 11.8. The van der Waals surface area contributed by atoms with Gasteiger partial charge in [-0.1, -0.05) is 24.3 Å². The summed E-state index contributed by atoms with van der Waals surface area (Å²) in [5.41, 5.74) is 2.98. The predicted octanol–water partition coefficient (Wildman–Crippen LogP) is 2.47. The van der Waals surface area contributed by atoms with Gasteiger partial charge in [-0.15, -0.1) is 0 Å². The molecule has 0 saturated carbocycles. The zero-order valence-corrected chi connectivity index (χ0v) is 13.4. The average molecular weight is 324 g/mol. The molecule has 0 bridgehead atoms. The topological polar surface area (TPSA) is 50.8 Å². The second-order valence-electron chi connectivity index (χ2n) is 6.06. The number of amides is 1. The van der Waals surface area contributed by atoms with Crippen molar-refractivity contribution in [2.24, 2.45) is 0 Å². The second kappa shape index (κ2) is 6.53. The van der Waals surface area contributed by atoms with Crippen LogP contribution in [0.15, 0.2) is 48.5 Å². The lowest BCUT2D eigenvalue weighted by Crippen LogP contribution is -2.36. The van der Waals surface area contributed by atoms with E-state index in [0.29, 0.717) is 6.42 Å². The van der Waals surface area contributed by atoms with Gasteiger partial charge in [-0.2, -0.15) is 0 Å². The van der Waals surface area contributed by atoms with E-state index >= 15 is 0 Å². The number of hydrogen-bond acceptors (Lipinski definition) is 4. The van der Waals surface area contributed by atoms with E-state index in [9.17, 15) is 4.79 Å². The van der Waals surface area contributed by atoms with Crippen LogP contribution in [0.3, 0.4) is 0 Å². The number of carbonyl (C=O) groups excluding carboxylic acids is 1. The molecule has 2 heterocycles. The molecule has 1 saturated heterocycles. The highest BCUT2D eigenvalue weighted by Gasteiger charge is 2.28. The van der Waals surface area contributed by atoms with E-state index in [1.54, 1.807) is 0 Å². The number of nitrogens with one attached hydrogen (secondary N) is 1. The van der Waals surface area contributed by atoms with Gasteiger partial charge in [0.15, 0.2) is 6.10 Å². The molecule has 124 valence electrons. The number of anilines is 2. The molecule has 2 aliphatic heterocycles. The normalized spacial score (nSPS) is 19.5. The Bertz CT molecular complexity index is 716. The third kappa shape index (κ3) is 3.08. The second-order valence-corrected chi connectivity index (χ2v) is 6.06. The van der Waals surface area contributed by atoms with Crippen molar-refractivity contribution in [3.63, 3.8) is 0 Å². The van der Waals surface area contributed by atoms with Crippen LogP contribution in [0.4, 0.5) is 11.4 Å². The van der Waals surface area contributed by atoms with Crippen LogP contribution < -0.4 is 15.0 Å². The predicted molar refractivity (Wildman–Crippen MR) is 92.7 cm³/mol. The Balaban J connectivity index is 1.43. The van der Waals surface area contributed by atoms with Crippen LogP contribution in [0.25, 0.3) is 0 Å². The van der Waals surface area contributed by atoms with Crippen molar-refractivity contribution in [2.45, 2.75) is 12.5 Å². The van der Waals surface area contributed by atoms with Crippen LogP contribution in [0.5, 0.6) is 5.75 Å². The molecule has 0 aliphatic carbocycles. The Morgan fingerprint density at radius 3 is 2.75 bits per heavy atom. The number of benzene rings is 2. The lowest BCUT2D eigenvalue weighted by molar-refractivity contribution is -0.122. The molecule has 0 spiro atoms. The third-order valence-corrected chi connectivity index (χ3v) is 4.43. The number of morpholine rings is 1. The van der Waals surface area contributed by atoms with E-state index in [4.69, 9.17) is 9.47 Å². The summed E-state index contributed by atoms with van der Waals surface area (Å²) in [7, 11) is 0. The van der Waals surface area contributed by atoms with E-state index in [1.807, 2.05) is 42.5 Å². The maximum atomic E-state index is 12.5. The summed E-state index contributed by atoms with van der Waals surface area (Å²) >= 11 is 0. The number of nitrogens with zero attached hydrogens (tertiary/aromatic N) is 1. The molecule has 1 atom stereocenters. The first kappa shape index (κ1) is 15.0. The van der Waals surface area contributed by atoms with E-state index in [1.165, 1.54) is 0 Å². The minimum absolute atomic E-state index is 0.106. The van der Waals surface area contributed by atoms with E-state index in [0.717, 1.165) is 49.0 Å². The van der Waals surface area contributed by atoms with Crippen LogP contribution >= 0.6 is 0 Å². The maximum Gasteiger partial charge on any atom is 0.265 e. The molecule has 0 radical (unpaired) electrons. The fraction of sp³-hybridized carbons (Fsp3) is 0.316. The number of rotatable bonds is 3. The van der Waals surface area contributed by atoms with Crippen molar-refractivity contribution in [2.75, 3.05) is 36.5 Å². The summed E-state index contributed by atoms with van der Waals surface area (Å²) in [6.07, 6.45) is 0.153. The minimum Gasteiger partial charge on any atom is -0.480 e. The molecule has 2 aromatic carbocycles. The van der Waals surface area contributed by atoms with Gasteiger partial charge >= 0.3 is 0 Å². The molecule has 1 fully saturated rings. The van der Waals surface area contributed by atoms with Gasteiger partial charge in [0.1, 0.15) is 5.75 Å². The Morgan fingerprint density at radius 2 is 1.92 bits per heavy atom. The van der Waals surface area contributed by atoms with Crippen LogP contribution in [0.1, 0.15) is 5.56 Å². The standard InChI is InChI=1S/C19H20N2O3/c22-19(18-12-14-4-1-2-7-17(14)24-18)20-15-5-3-6-16(13-15)21-8-10-23-11-9-21/h1-7,13,18H,8-12H2,(H,20,22). The van der Waals surface area contributed by atoms with E-state index < -0.39 is 6.10 Å². The number of ether oxygens (including phenoxy) is 2. The monoisotopic (exact) mass is 324 g/mol. The number of hydrogen-bond donors (Lipinski definition) is 1. The highest BCUT2D eigenvalue weighted by Crippen LogP contribution is 2.29. The Labute approximate surface area is 141 Å². The summed E-state index contributed by atoms with van der Waals surface area (Å²) in [6.45, 7) is 3.23. The summed E-state index contributed by atoms with van der Waals surface area (Å²) < 4.78 is 11.1. The van der Waals surface area contributed by atoms with Crippen LogP contribution in [-0.2, 0) is 16.0 Å². The Hall–Kier alpha value is -2.53. The van der Waals surface area contributed by atoms with Gasteiger partial charge in [-0.3, -0.25) is 4.79 Å². The lowest BCUT2D eigenvalue weighted by Gasteiger charge is -2.29. The molecule has 5 heteroatoms. The van der Waals surface area contributed by atoms with Gasteiger partial charge in [0, 0.05) is 30.9 Å². The quantitative estimate of drug-likeness (QED) is 0.942. The van der Waals surface area contributed by atoms with Crippen LogP contribution in [0.2, 0.25) is 0 Å². The third-order valence-electron chi connectivity index (χ3n) is 4.43. The van der Waals surface area contributed by atoms with E-state index in [-0.39, 0.29) is 5.91 Å². The molecular formula is C19H20N2O3. The van der Waals surface area contributed by atoms with Gasteiger partial charge in [-0.25, -0.2) is 0 Å². The SMILES string of the molecule is O=C(Nc1cccc(N2CCOCC2)c1)C1Cc2ccccc2O1. The molecule has 2 aliphatic rings. The van der Waals surface area contributed by atoms with Crippen molar-refractivity contribution >= 4 is 17.3 Å². The Morgan fingerprint density at radius 1 is 1.08 bits per heavy atom. The summed E-state index contributed by atoms with van der Waals surface area (Å²) in [4.78, 5) is 14.8. The molecule has 1 N–H and O–H groups in total. The van der Waals surface area contributed by atoms with Crippen molar-refractivity contribution in [3.05, 3.63) is 54.1 Å². The molecule has 5 nitrogen and oxygen atoms in total. The van der Waals surface area contributed by atoms with Gasteiger partial charge in [0.05, 0.1) is 13.2 Å². The summed E-state index contributed by atoms with van der Waals surface area (Å²) in [5.74, 6) is 0.699. The lowest BCUT2D eigenvalue weighted by atomic mass is 10.1. The molecule has 24 heavy (non-hydrogen) atoms. The number of fused-ring (bicyclic) bond motifs is 1. The highest BCUT2D eigenvalue weighted by atomic mass is 16.5. The first-order valence-electron chi connectivity index (χ1n) is 8.28. The zero-order chi connectivity index (χ0) is 16.4. The number of carbonyl (C=O) groups is 1. The van der Waals surface area contributed by atoms with Crippen molar-refractivity contribution in [3.8, 4) is 5.75 Å². The molecule has 4 rings (SSSR count). The fourth-order valence-corrected chi connectivity index (χ4v) is 3.15. The van der Waals surface area contributed by atoms with E-state index in [2.05, 4.69) is 16.3 Å². The largest absolute Gasteiger partial charge is 0.480 e. The molecular weight excluding hydrogens is 304 g/mol. The number of para-hydroxylation sites is 1. The molecule has 2 aromatic rings. The Kier molecular flexibility index (Phi) is 4.09. The fourth-order valence-electron chi connectivity index (χ4n) is 3.15. The van der Waals surface area contributed by atoms with Crippen LogP contribution in [0, 0.1) is 0 Å². The van der Waals surface area contributed by atoms with Gasteiger partial charge in [0.25, 0.3) is 5.91 Å². The smallest absolute Gasteiger partial charge is 0.265 e. The zero-order valence-electron chi connectivity index (χ0n) is 13.4. The van der Waals surface area contributed by atoms with Crippen molar-refractivity contribution < 1.29 is 14.3 Å². The molecule has 1 unspecified atom stereocenters. The van der Waals surface area contributed by atoms with Gasteiger partial charge < -0.3 is 19.7 Å². The van der Waals surface area contributed by atoms with Crippen LogP contribution in [-0.4, -0.2) is 38.3 Å². The van der Waals surface area contributed by atoms with Crippen molar-refractivity contribution in [1.82, 2.24) is 0 Å². The summed E-state index contributed by atoms with van der Waals surface area (Å²) in [5, 5.41) is 2.98. The molecule has 0 aromatic heterocycles. The first-order valence-corrected chi connectivity index (χ1v) is 8.28. The molecule has 1 amide bonds. The van der Waals surface area contributed by atoms with Gasteiger partial charge in [-0.05, 0) is 29.8 Å². The maximum absolute atomic E-state index is 12.5.